The molecule has 1 aromatic carbocycles. The third-order valence-electron chi connectivity index (χ3n) is 2.80. The molecule has 2 rings (SSSR count). The van der Waals surface area contributed by atoms with Crippen LogP contribution in [0.25, 0.3) is 0 Å². The number of nitro groups is 1. The minimum Gasteiger partial charge on any atom is -0.331 e. The van der Waals surface area contributed by atoms with Gasteiger partial charge < -0.3 is 5.32 Å². The van der Waals surface area contributed by atoms with Gasteiger partial charge in [-0.05, 0) is 30.4 Å². The Labute approximate surface area is 149 Å². The van der Waals surface area contributed by atoms with Crippen molar-refractivity contribution in [3.63, 3.8) is 0 Å². The van der Waals surface area contributed by atoms with E-state index in [1.54, 1.807) is 0 Å². The maximum Gasteiger partial charge on any atom is 0.417 e. The van der Waals surface area contributed by atoms with Crippen molar-refractivity contribution >= 4 is 46.1 Å². The van der Waals surface area contributed by atoms with Crippen molar-refractivity contribution in [2.24, 2.45) is 0 Å². The minimum absolute atomic E-state index is 0.0478. The number of thiocarbonyl (C=S) groups is 1. The Morgan fingerprint density at radius 2 is 1.92 bits per heavy atom. The first-order chi connectivity index (χ1) is 11.7. The number of nitrogens with zero attached hydrogens (tertiary/aromatic N) is 2. The molecule has 0 radical (unpaired) electrons. The molecule has 1 aromatic heterocycles. The van der Waals surface area contributed by atoms with Gasteiger partial charge in [0.05, 0.1) is 15.5 Å². The quantitative estimate of drug-likeness (QED) is 0.412. The fourth-order valence-electron chi connectivity index (χ4n) is 1.63. The van der Waals surface area contributed by atoms with Gasteiger partial charge in [-0.2, -0.15) is 13.2 Å². The van der Waals surface area contributed by atoms with E-state index in [0.29, 0.717) is 11.9 Å². The van der Waals surface area contributed by atoms with E-state index >= 15 is 0 Å². The second-order valence-electron chi connectivity index (χ2n) is 4.56. The molecule has 0 aliphatic heterocycles. The van der Waals surface area contributed by atoms with Crippen molar-refractivity contribution in [1.82, 2.24) is 10.4 Å². The molecule has 3 N–H and O–H groups in total. The lowest BCUT2D eigenvalue weighted by Gasteiger charge is -2.14. The molecule has 12 heteroatoms. The van der Waals surface area contributed by atoms with E-state index in [4.69, 9.17) is 23.8 Å². The number of alkyl halides is 3. The van der Waals surface area contributed by atoms with Gasteiger partial charge in [0.2, 0.25) is 0 Å². The van der Waals surface area contributed by atoms with Crippen molar-refractivity contribution in [3.8, 4) is 0 Å². The van der Waals surface area contributed by atoms with Crippen LogP contribution in [0.2, 0.25) is 5.02 Å². The van der Waals surface area contributed by atoms with Crippen molar-refractivity contribution in [1.29, 1.82) is 0 Å². The number of nitrogens with one attached hydrogen (secondary N) is 3. The van der Waals surface area contributed by atoms with E-state index in [9.17, 15) is 23.3 Å². The van der Waals surface area contributed by atoms with Gasteiger partial charge in [0, 0.05) is 24.0 Å². The zero-order chi connectivity index (χ0) is 18.6. The molecule has 0 bridgehead atoms. The molecule has 0 fully saturated rings. The third-order valence-corrected chi connectivity index (χ3v) is 3.29. The topological polar surface area (TPSA) is 92.1 Å². The number of rotatable bonds is 4. The number of pyridine rings is 1. The number of non-ortho nitro benzene ring substituents is 1. The van der Waals surface area contributed by atoms with Crippen LogP contribution in [0.4, 0.5) is 30.4 Å². The summed E-state index contributed by atoms with van der Waals surface area (Å²) in [4.78, 5) is 13.6. The summed E-state index contributed by atoms with van der Waals surface area (Å²) in [6.07, 6.45) is -3.92. The molecule has 0 aliphatic rings. The van der Waals surface area contributed by atoms with E-state index in [0.717, 1.165) is 6.07 Å². The van der Waals surface area contributed by atoms with E-state index in [2.05, 4.69) is 21.2 Å². The summed E-state index contributed by atoms with van der Waals surface area (Å²) >= 11 is 10.7. The summed E-state index contributed by atoms with van der Waals surface area (Å²) < 4.78 is 37.6. The number of hydrogen-bond acceptors (Lipinski definition) is 5. The lowest BCUT2D eigenvalue weighted by atomic mass is 10.3. The highest BCUT2D eigenvalue weighted by Crippen LogP contribution is 2.32. The molecular formula is C13H9ClF3N5O2S. The number of halogens is 4. The first kappa shape index (κ1) is 18.7. The second-order valence-corrected chi connectivity index (χ2v) is 5.38. The molecule has 0 unspecified atom stereocenters. The van der Waals surface area contributed by atoms with Gasteiger partial charge in [0.1, 0.15) is 0 Å². The molecule has 0 atom stereocenters. The third kappa shape index (κ3) is 5.16. The van der Waals surface area contributed by atoms with Crippen LogP contribution in [0, 0.1) is 10.1 Å². The summed E-state index contributed by atoms with van der Waals surface area (Å²) in [5, 5.41) is 13.1. The van der Waals surface area contributed by atoms with Gasteiger partial charge in [-0.3, -0.25) is 21.0 Å². The maximum atomic E-state index is 12.5. The van der Waals surface area contributed by atoms with E-state index in [1.165, 1.54) is 24.3 Å². The molecule has 2 aromatic rings. The van der Waals surface area contributed by atoms with Gasteiger partial charge in [0.25, 0.3) is 5.69 Å². The zero-order valence-corrected chi connectivity index (χ0v) is 13.7. The molecule has 7 nitrogen and oxygen atoms in total. The smallest absolute Gasteiger partial charge is 0.331 e. The number of aromatic nitrogens is 1. The summed E-state index contributed by atoms with van der Waals surface area (Å²) in [5.74, 6) is -0.0532. The monoisotopic (exact) mass is 391 g/mol. The van der Waals surface area contributed by atoms with Crippen molar-refractivity contribution in [3.05, 3.63) is 57.2 Å². The van der Waals surface area contributed by atoms with E-state index in [1.807, 2.05) is 0 Å². The predicted molar refractivity (Wildman–Crippen MR) is 90.3 cm³/mol. The largest absolute Gasteiger partial charge is 0.417 e. The van der Waals surface area contributed by atoms with Gasteiger partial charge in [-0.15, -0.1) is 0 Å². The van der Waals surface area contributed by atoms with Crippen molar-refractivity contribution < 1.29 is 18.1 Å². The number of hydrazine groups is 1. The highest BCUT2D eigenvalue weighted by molar-refractivity contribution is 7.80. The van der Waals surface area contributed by atoms with E-state index < -0.39 is 16.7 Å². The fraction of sp³-hybridized carbons (Fsp3) is 0.0769. The van der Waals surface area contributed by atoms with E-state index in [-0.39, 0.29) is 21.6 Å². The minimum atomic E-state index is -4.55. The Hall–Kier alpha value is -2.66. The van der Waals surface area contributed by atoms with Crippen LogP contribution in [-0.2, 0) is 6.18 Å². The molecule has 1 heterocycles. The molecule has 0 amide bonds. The number of hydrogen-bond donors (Lipinski definition) is 3. The molecular weight excluding hydrogens is 383 g/mol. The lowest BCUT2D eigenvalue weighted by molar-refractivity contribution is -0.384. The standard InChI is InChI=1S/C13H9ClF3N5O2S/c14-10-5-7(13(15,16)17)6-18-11(10)20-21-12(25)19-8-1-3-9(4-2-8)22(23)24/h1-6H,(H,18,20)(H2,19,21,25). The average molecular weight is 392 g/mol. The van der Waals surface area contributed by atoms with Crippen LogP contribution < -0.4 is 16.2 Å². The summed E-state index contributed by atoms with van der Waals surface area (Å²) in [7, 11) is 0. The second kappa shape index (κ2) is 7.49. The zero-order valence-electron chi connectivity index (χ0n) is 12.1. The molecule has 0 saturated heterocycles. The molecule has 132 valence electrons. The maximum absolute atomic E-state index is 12.5. The molecule has 25 heavy (non-hydrogen) atoms. The number of anilines is 2. The Balaban J connectivity index is 1.94. The lowest BCUT2D eigenvalue weighted by Crippen LogP contribution is -2.33. The van der Waals surface area contributed by atoms with Gasteiger partial charge in [0.15, 0.2) is 10.9 Å². The first-order valence-corrected chi connectivity index (χ1v) is 7.25. The van der Waals surface area contributed by atoms with Crippen LogP contribution in [0.3, 0.4) is 0 Å². The van der Waals surface area contributed by atoms with Crippen LogP contribution in [0.1, 0.15) is 5.56 Å². The van der Waals surface area contributed by atoms with Crippen molar-refractivity contribution in [2.75, 3.05) is 10.7 Å². The van der Waals surface area contributed by atoms with Gasteiger partial charge in [-0.1, -0.05) is 11.6 Å². The SMILES string of the molecule is O=[N+]([O-])c1ccc(NC(=S)NNc2ncc(C(F)(F)F)cc2Cl)cc1. The summed E-state index contributed by atoms with van der Waals surface area (Å²) in [5.41, 5.74) is 4.37. The average Bonchev–Trinajstić information content (AvgIpc) is 2.53. The number of benzene rings is 1. The van der Waals surface area contributed by atoms with Crippen molar-refractivity contribution in [2.45, 2.75) is 6.18 Å². The predicted octanol–water partition coefficient (Wildman–Crippen LogP) is 3.98. The van der Waals surface area contributed by atoms with Crippen LogP contribution in [-0.4, -0.2) is 15.0 Å². The Kier molecular flexibility index (Phi) is 5.59. The summed E-state index contributed by atoms with van der Waals surface area (Å²) in [6.45, 7) is 0. The molecule has 0 spiro atoms. The molecule has 0 aliphatic carbocycles. The Morgan fingerprint density at radius 1 is 1.28 bits per heavy atom. The fourth-order valence-corrected chi connectivity index (χ4v) is 2.01. The normalized spacial score (nSPS) is 10.9. The van der Waals surface area contributed by atoms with Gasteiger partial charge in [-0.25, -0.2) is 4.98 Å². The van der Waals surface area contributed by atoms with Crippen LogP contribution in [0.5, 0.6) is 0 Å². The molecule has 0 saturated carbocycles. The first-order valence-electron chi connectivity index (χ1n) is 6.47. The van der Waals surface area contributed by atoms with Crippen LogP contribution >= 0.6 is 23.8 Å². The Morgan fingerprint density at radius 3 is 2.44 bits per heavy atom. The van der Waals surface area contributed by atoms with Crippen LogP contribution in [0.15, 0.2) is 36.5 Å². The summed E-state index contributed by atoms with van der Waals surface area (Å²) in [6, 6.07) is 6.18. The highest BCUT2D eigenvalue weighted by atomic mass is 35.5. The number of nitro benzene ring substituents is 1. The van der Waals surface area contributed by atoms with Gasteiger partial charge >= 0.3 is 6.18 Å². The highest BCUT2D eigenvalue weighted by Gasteiger charge is 2.31. The Bertz CT molecular complexity index is 801.